The van der Waals surface area contributed by atoms with Crippen LogP contribution in [0.5, 0.6) is 5.75 Å². The molecule has 1 fully saturated rings. The van der Waals surface area contributed by atoms with Crippen LogP contribution in [0.15, 0.2) is 24.3 Å². The number of rotatable bonds is 7. The molecule has 5 heteroatoms. The number of hydrogen-bond donors (Lipinski definition) is 2. The van der Waals surface area contributed by atoms with Crippen LogP contribution < -0.4 is 10.5 Å². The average Bonchev–Trinajstić information content (AvgIpc) is 2.49. The van der Waals surface area contributed by atoms with E-state index in [1.54, 1.807) is 19.2 Å². The predicted octanol–water partition coefficient (Wildman–Crippen LogP) is 1.37. The molecule has 5 nitrogen and oxygen atoms in total. The summed E-state index contributed by atoms with van der Waals surface area (Å²) in [6.45, 7) is 3.85. The van der Waals surface area contributed by atoms with Gasteiger partial charge in [-0.2, -0.15) is 0 Å². The third-order valence-electron chi connectivity index (χ3n) is 3.90. The van der Waals surface area contributed by atoms with E-state index in [-0.39, 0.29) is 0 Å². The number of piperidine rings is 1. The van der Waals surface area contributed by atoms with Crippen LogP contribution in [0, 0.1) is 5.92 Å². The van der Waals surface area contributed by atoms with Crippen molar-refractivity contribution >= 4 is 5.69 Å². The summed E-state index contributed by atoms with van der Waals surface area (Å²) in [5, 5.41) is 10.1. The van der Waals surface area contributed by atoms with Gasteiger partial charge in [0.25, 0.3) is 0 Å². The number of nitrogens with two attached hydrogens (primary N) is 1. The summed E-state index contributed by atoms with van der Waals surface area (Å²) in [6.07, 6.45) is 1.81. The van der Waals surface area contributed by atoms with Crippen molar-refractivity contribution < 1.29 is 14.6 Å². The number of nitrogen functional groups attached to an aromatic ring is 1. The number of aliphatic hydroxyl groups excluding tert-OH is 1. The van der Waals surface area contributed by atoms with Crippen LogP contribution >= 0.6 is 0 Å². The fraction of sp³-hybridized carbons (Fsp3) is 0.625. The normalized spacial score (nSPS) is 18.6. The van der Waals surface area contributed by atoms with E-state index < -0.39 is 6.10 Å². The summed E-state index contributed by atoms with van der Waals surface area (Å²) in [5.74, 6) is 1.40. The first-order valence-electron chi connectivity index (χ1n) is 7.55. The summed E-state index contributed by atoms with van der Waals surface area (Å²) >= 11 is 0. The first-order valence-corrected chi connectivity index (χ1v) is 7.55. The molecular weight excluding hydrogens is 268 g/mol. The van der Waals surface area contributed by atoms with E-state index >= 15 is 0 Å². The molecule has 0 radical (unpaired) electrons. The summed E-state index contributed by atoms with van der Waals surface area (Å²) in [7, 11) is 1.75. The molecule has 1 saturated heterocycles. The monoisotopic (exact) mass is 294 g/mol. The van der Waals surface area contributed by atoms with Crippen LogP contribution in [0.1, 0.15) is 12.8 Å². The number of β-amino-alcohol motifs (C(OH)–C–C–N with tert-alkyl or cyclic N) is 1. The van der Waals surface area contributed by atoms with Gasteiger partial charge in [0, 0.05) is 25.9 Å². The van der Waals surface area contributed by atoms with Gasteiger partial charge < -0.3 is 25.2 Å². The molecule has 1 aromatic rings. The first-order chi connectivity index (χ1) is 10.2. The molecule has 1 aliphatic heterocycles. The molecule has 0 amide bonds. The molecule has 1 atom stereocenters. The molecule has 0 aromatic heterocycles. The van der Waals surface area contributed by atoms with Gasteiger partial charge >= 0.3 is 0 Å². The minimum absolute atomic E-state index is 0.307. The molecule has 0 spiro atoms. The Morgan fingerprint density at radius 2 is 1.95 bits per heavy atom. The van der Waals surface area contributed by atoms with Gasteiger partial charge in [0.2, 0.25) is 0 Å². The minimum atomic E-state index is -0.471. The highest BCUT2D eigenvalue weighted by atomic mass is 16.5. The lowest BCUT2D eigenvalue weighted by Gasteiger charge is -2.32. The Hall–Kier alpha value is -1.30. The lowest BCUT2D eigenvalue weighted by Crippen LogP contribution is -2.41. The molecule has 0 bridgehead atoms. The van der Waals surface area contributed by atoms with Crippen LogP contribution in [0.4, 0.5) is 5.69 Å². The lowest BCUT2D eigenvalue weighted by molar-refractivity contribution is 0.0440. The maximum absolute atomic E-state index is 10.1. The Balaban J connectivity index is 1.65. The van der Waals surface area contributed by atoms with Gasteiger partial charge in [-0.25, -0.2) is 0 Å². The second-order valence-electron chi connectivity index (χ2n) is 5.73. The SMILES string of the molecule is COCC1CCN(CC(O)COc2ccc(N)cc2)CC1. The molecule has 2 rings (SSSR count). The van der Waals surface area contributed by atoms with Crippen molar-refractivity contribution in [1.82, 2.24) is 4.90 Å². The summed E-state index contributed by atoms with van der Waals surface area (Å²) in [5.41, 5.74) is 6.33. The molecule has 118 valence electrons. The van der Waals surface area contributed by atoms with Gasteiger partial charge in [-0.3, -0.25) is 0 Å². The highest BCUT2D eigenvalue weighted by Gasteiger charge is 2.21. The number of nitrogens with zero attached hydrogens (tertiary/aromatic N) is 1. The standard InChI is InChI=1S/C16H26N2O3/c1-20-11-13-6-8-18(9-7-13)10-15(19)12-21-16-4-2-14(17)3-5-16/h2-5,13,15,19H,6-12,17H2,1H3. The zero-order valence-corrected chi connectivity index (χ0v) is 12.7. The van der Waals surface area contributed by atoms with Gasteiger partial charge in [0.15, 0.2) is 0 Å². The Morgan fingerprint density at radius 1 is 1.29 bits per heavy atom. The van der Waals surface area contributed by atoms with Crippen molar-refractivity contribution in [2.45, 2.75) is 18.9 Å². The van der Waals surface area contributed by atoms with Crippen LogP contribution in [0.2, 0.25) is 0 Å². The highest BCUT2D eigenvalue weighted by Crippen LogP contribution is 2.18. The largest absolute Gasteiger partial charge is 0.491 e. The highest BCUT2D eigenvalue weighted by molar-refractivity contribution is 5.41. The molecule has 21 heavy (non-hydrogen) atoms. The Morgan fingerprint density at radius 3 is 2.57 bits per heavy atom. The fourth-order valence-electron chi connectivity index (χ4n) is 2.68. The number of ether oxygens (including phenoxy) is 2. The van der Waals surface area contributed by atoms with E-state index in [2.05, 4.69) is 4.90 Å². The van der Waals surface area contributed by atoms with Crippen LogP contribution in [0.25, 0.3) is 0 Å². The van der Waals surface area contributed by atoms with E-state index in [0.717, 1.165) is 38.3 Å². The van der Waals surface area contributed by atoms with Crippen molar-refractivity contribution in [2.75, 3.05) is 45.7 Å². The third-order valence-corrected chi connectivity index (χ3v) is 3.90. The van der Waals surface area contributed by atoms with E-state index in [9.17, 15) is 5.11 Å². The maximum atomic E-state index is 10.1. The Bertz CT molecular complexity index is 402. The van der Waals surface area contributed by atoms with Gasteiger partial charge in [0.1, 0.15) is 18.5 Å². The summed E-state index contributed by atoms with van der Waals surface area (Å²) < 4.78 is 10.8. The molecule has 1 unspecified atom stereocenters. The van der Waals surface area contributed by atoms with Gasteiger partial charge in [0.05, 0.1) is 0 Å². The van der Waals surface area contributed by atoms with Crippen molar-refractivity contribution in [1.29, 1.82) is 0 Å². The Labute approximate surface area is 126 Å². The summed E-state index contributed by atoms with van der Waals surface area (Å²) in [6, 6.07) is 7.22. The first kappa shape index (κ1) is 16.1. The smallest absolute Gasteiger partial charge is 0.119 e. The number of benzene rings is 1. The van der Waals surface area contributed by atoms with Crippen LogP contribution in [0.3, 0.4) is 0 Å². The van der Waals surface area contributed by atoms with E-state index in [4.69, 9.17) is 15.2 Å². The van der Waals surface area contributed by atoms with Gasteiger partial charge in [-0.05, 0) is 56.1 Å². The zero-order valence-electron chi connectivity index (χ0n) is 12.7. The molecule has 0 saturated carbocycles. The maximum Gasteiger partial charge on any atom is 0.119 e. The molecule has 1 heterocycles. The lowest BCUT2D eigenvalue weighted by atomic mass is 9.97. The fourth-order valence-corrected chi connectivity index (χ4v) is 2.68. The summed E-state index contributed by atoms with van der Waals surface area (Å²) in [4.78, 5) is 2.29. The predicted molar refractivity (Wildman–Crippen MR) is 83.4 cm³/mol. The zero-order chi connectivity index (χ0) is 15.1. The van der Waals surface area contributed by atoms with E-state index in [1.165, 1.54) is 0 Å². The Kier molecular flexibility index (Phi) is 6.29. The molecular formula is C16H26N2O3. The van der Waals surface area contributed by atoms with Crippen LogP contribution in [-0.2, 0) is 4.74 Å². The second-order valence-corrected chi connectivity index (χ2v) is 5.73. The van der Waals surface area contributed by atoms with E-state index in [1.807, 2.05) is 12.1 Å². The quantitative estimate of drug-likeness (QED) is 0.743. The average molecular weight is 294 g/mol. The number of likely N-dealkylation sites (tertiary alicyclic amines) is 1. The van der Waals surface area contributed by atoms with Gasteiger partial charge in [-0.1, -0.05) is 0 Å². The molecule has 1 aromatic carbocycles. The van der Waals surface area contributed by atoms with Crippen molar-refractivity contribution in [2.24, 2.45) is 5.92 Å². The number of methoxy groups -OCH3 is 1. The molecule has 1 aliphatic rings. The number of aliphatic hydroxyl groups is 1. The van der Waals surface area contributed by atoms with Crippen molar-refractivity contribution in [3.63, 3.8) is 0 Å². The topological polar surface area (TPSA) is 68.0 Å². The van der Waals surface area contributed by atoms with Gasteiger partial charge in [-0.15, -0.1) is 0 Å². The van der Waals surface area contributed by atoms with Crippen molar-refractivity contribution in [3.8, 4) is 5.75 Å². The third kappa shape index (κ3) is 5.53. The second kappa shape index (κ2) is 8.22. The van der Waals surface area contributed by atoms with Crippen LogP contribution in [-0.4, -0.2) is 56.1 Å². The van der Waals surface area contributed by atoms with E-state index in [0.29, 0.717) is 24.8 Å². The number of hydrogen-bond acceptors (Lipinski definition) is 5. The van der Waals surface area contributed by atoms with Crippen molar-refractivity contribution in [3.05, 3.63) is 24.3 Å². The minimum Gasteiger partial charge on any atom is -0.491 e. The molecule has 3 N–H and O–H groups in total. The molecule has 0 aliphatic carbocycles. The number of anilines is 1.